The van der Waals surface area contributed by atoms with Crippen LogP contribution in [0.4, 0.5) is 0 Å². The van der Waals surface area contributed by atoms with Crippen molar-refractivity contribution in [2.45, 2.75) is 4.90 Å². The summed E-state index contributed by atoms with van der Waals surface area (Å²) in [5.74, 6) is 0. The number of nitrogens with zero attached hydrogens (tertiary/aromatic N) is 1. The van der Waals surface area contributed by atoms with Crippen LogP contribution in [-0.4, -0.2) is 26.8 Å². The van der Waals surface area contributed by atoms with Crippen molar-refractivity contribution < 1.29 is 8.42 Å². The SMILES string of the molecule is CN(C)S(=O)(=O)c1ccc(-c2c[c]ccc2)cc1. The minimum atomic E-state index is -3.35. The Labute approximate surface area is 108 Å². The average molecular weight is 260 g/mol. The van der Waals surface area contributed by atoms with Crippen molar-refractivity contribution in [3.05, 3.63) is 54.6 Å². The Morgan fingerprint density at radius 1 is 1.00 bits per heavy atom. The quantitative estimate of drug-likeness (QED) is 0.850. The maximum atomic E-state index is 11.9. The maximum Gasteiger partial charge on any atom is 0.242 e. The molecule has 0 aromatic heterocycles. The molecule has 0 aliphatic carbocycles. The van der Waals surface area contributed by atoms with Gasteiger partial charge in [0.15, 0.2) is 0 Å². The molecule has 3 nitrogen and oxygen atoms in total. The number of benzene rings is 2. The van der Waals surface area contributed by atoms with Crippen LogP contribution in [0.5, 0.6) is 0 Å². The Hall–Kier alpha value is -1.65. The molecule has 2 rings (SSSR count). The van der Waals surface area contributed by atoms with Crippen LogP contribution in [0.2, 0.25) is 0 Å². The molecule has 0 spiro atoms. The van der Waals surface area contributed by atoms with Gasteiger partial charge < -0.3 is 0 Å². The predicted molar refractivity (Wildman–Crippen MR) is 71.6 cm³/mol. The van der Waals surface area contributed by atoms with Crippen LogP contribution in [0, 0.1) is 6.07 Å². The van der Waals surface area contributed by atoms with Gasteiger partial charge in [0.25, 0.3) is 0 Å². The van der Waals surface area contributed by atoms with Crippen LogP contribution in [0.25, 0.3) is 11.1 Å². The van der Waals surface area contributed by atoms with E-state index in [1.165, 1.54) is 18.4 Å². The number of sulfonamides is 1. The molecular weight excluding hydrogens is 246 g/mol. The summed E-state index contributed by atoms with van der Waals surface area (Å²) in [6, 6.07) is 17.4. The standard InChI is InChI=1S/C14H14NO2S/c1-15(2)18(16,17)14-10-8-13(9-11-14)12-6-4-3-5-7-12/h3-4,6-11H,1-2H3. The fourth-order valence-electron chi connectivity index (χ4n) is 1.60. The molecule has 2 aromatic carbocycles. The van der Waals surface area contributed by atoms with E-state index in [-0.39, 0.29) is 0 Å². The third-order valence-electron chi connectivity index (χ3n) is 2.67. The van der Waals surface area contributed by atoms with Crippen LogP contribution in [-0.2, 0) is 10.0 Å². The Balaban J connectivity index is 2.38. The Morgan fingerprint density at radius 2 is 1.67 bits per heavy atom. The van der Waals surface area contributed by atoms with Crippen LogP contribution in [0.15, 0.2) is 53.4 Å². The number of hydrogen-bond donors (Lipinski definition) is 0. The van der Waals surface area contributed by atoms with E-state index in [1.54, 1.807) is 24.3 Å². The van der Waals surface area contributed by atoms with Gasteiger partial charge in [0.2, 0.25) is 10.0 Å². The lowest BCUT2D eigenvalue weighted by molar-refractivity contribution is 0.521. The second-order valence-corrected chi connectivity index (χ2v) is 6.26. The van der Waals surface area contributed by atoms with E-state index in [9.17, 15) is 8.42 Å². The summed E-state index contributed by atoms with van der Waals surface area (Å²) in [6.45, 7) is 0. The van der Waals surface area contributed by atoms with Crippen LogP contribution in [0.1, 0.15) is 0 Å². The smallest absolute Gasteiger partial charge is 0.207 e. The fraction of sp³-hybridized carbons (Fsp3) is 0.143. The fourth-order valence-corrected chi connectivity index (χ4v) is 2.50. The molecule has 0 aliphatic rings. The second-order valence-electron chi connectivity index (χ2n) is 4.10. The Morgan fingerprint density at radius 3 is 2.17 bits per heavy atom. The molecule has 0 N–H and O–H groups in total. The minimum absolute atomic E-state index is 0.302. The summed E-state index contributed by atoms with van der Waals surface area (Å²) in [4.78, 5) is 0.302. The molecule has 0 atom stereocenters. The van der Waals surface area contributed by atoms with Crippen molar-refractivity contribution in [3.8, 4) is 11.1 Å². The molecule has 0 saturated heterocycles. The lowest BCUT2D eigenvalue weighted by Gasteiger charge is -2.11. The molecule has 18 heavy (non-hydrogen) atoms. The molecule has 93 valence electrons. The summed E-state index contributed by atoms with van der Waals surface area (Å²) in [5, 5.41) is 0. The number of hydrogen-bond acceptors (Lipinski definition) is 2. The highest BCUT2D eigenvalue weighted by Crippen LogP contribution is 2.21. The topological polar surface area (TPSA) is 37.4 Å². The van der Waals surface area contributed by atoms with Gasteiger partial charge >= 0.3 is 0 Å². The van der Waals surface area contributed by atoms with E-state index in [4.69, 9.17) is 0 Å². The van der Waals surface area contributed by atoms with Gasteiger partial charge in [-0.2, -0.15) is 0 Å². The van der Waals surface area contributed by atoms with Crippen LogP contribution >= 0.6 is 0 Å². The highest BCUT2D eigenvalue weighted by molar-refractivity contribution is 7.89. The van der Waals surface area contributed by atoms with Gasteiger partial charge in [0.1, 0.15) is 0 Å². The van der Waals surface area contributed by atoms with Crippen molar-refractivity contribution in [1.82, 2.24) is 4.31 Å². The van der Waals surface area contributed by atoms with Gasteiger partial charge in [-0.05, 0) is 35.4 Å². The molecule has 2 aromatic rings. The first-order valence-electron chi connectivity index (χ1n) is 5.51. The molecule has 0 saturated carbocycles. The normalized spacial score (nSPS) is 11.7. The Bertz CT molecular complexity index is 617. The van der Waals surface area contributed by atoms with Gasteiger partial charge in [0.05, 0.1) is 4.90 Å². The molecule has 0 fully saturated rings. The lowest BCUT2D eigenvalue weighted by atomic mass is 10.1. The van der Waals surface area contributed by atoms with Crippen molar-refractivity contribution in [2.75, 3.05) is 14.1 Å². The van der Waals surface area contributed by atoms with E-state index in [0.29, 0.717) is 4.90 Å². The van der Waals surface area contributed by atoms with E-state index >= 15 is 0 Å². The first-order chi connectivity index (χ1) is 8.51. The van der Waals surface area contributed by atoms with E-state index in [1.807, 2.05) is 24.3 Å². The molecule has 4 heteroatoms. The van der Waals surface area contributed by atoms with Crippen molar-refractivity contribution in [1.29, 1.82) is 0 Å². The molecule has 1 radical (unpaired) electrons. The number of rotatable bonds is 3. The summed E-state index contributed by atoms with van der Waals surface area (Å²) in [6.07, 6.45) is 0. The van der Waals surface area contributed by atoms with E-state index < -0.39 is 10.0 Å². The van der Waals surface area contributed by atoms with Crippen molar-refractivity contribution in [2.24, 2.45) is 0 Å². The summed E-state index contributed by atoms with van der Waals surface area (Å²) in [7, 11) is -0.304. The summed E-state index contributed by atoms with van der Waals surface area (Å²) >= 11 is 0. The minimum Gasteiger partial charge on any atom is -0.207 e. The monoisotopic (exact) mass is 260 g/mol. The first-order valence-corrected chi connectivity index (χ1v) is 6.95. The zero-order valence-electron chi connectivity index (χ0n) is 10.3. The highest BCUT2D eigenvalue weighted by Gasteiger charge is 2.16. The zero-order chi connectivity index (χ0) is 13.2. The molecular formula is C14H14NO2S. The zero-order valence-corrected chi connectivity index (χ0v) is 11.1. The van der Waals surface area contributed by atoms with E-state index in [2.05, 4.69) is 6.07 Å². The molecule has 0 bridgehead atoms. The van der Waals surface area contributed by atoms with Gasteiger partial charge in [-0.1, -0.05) is 30.3 Å². The molecule has 0 unspecified atom stereocenters. The largest absolute Gasteiger partial charge is 0.242 e. The Kier molecular flexibility index (Phi) is 3.50. The average Bonchev–Trinajstić information content (AvgIpc) is 2.40. The molecule has 0 amide bonds. The first kappa shape index (κ1) is 12.8. The third kappa shape index (κ3) is 2.44. The van der Waals surface area contributed by atoms with Gasteiger partial charge in [-0.25, -0.2) is 12.7 Å². The van der Waals surface area contributed by atoms with Gasteiger partial charge in [-0.15, -0.1) is 0 Å². The van der Waals surface area contributed by atoms with Crippen LogP contribution in [0.3, 0.4) is 0 Å². The third-order valence-corrected chi connectivity index (χ3v) is 4.50. The second kappa shape index (κ2) is 4.92. The molecule has 0 aliphatic heterocycles. The summed E-state index contributed by atoms with van der Waals surface area (Å²) < 4.78 is 25.0. The van der Waals surface area contributed by atoms with Crippen molar-refractivity contribution in [3.63, 3.8) is 0 Å². The van der Waals surface area contributed by atoms with Crippen LogP contribution < -0.4 is 0 Å². The highest BCUT2D eigenvalue weighted by atomic mass is 32.2. The van der Waals surface area contributed by atoms with Gasteiger partial charge in [0, 0.05) is 14.1 Å². The summed E-state index contributed by atoms with van der Waals surface area (Å²) in [5.41, 5.74) is 2.00. The predicted octanol–water partition coefficient (Wildman–Crippen LogP) is 2.40. The van der Waals surface area contributed by atoms with Crippen molar-refractivity contribution >= 4 is 10.0 Å². The molecule has 0 heterocycles. The maximum absolute atomic E-state index is 11.9. The van der Waals surface area contributed by atoms with E-state index in [0.717, 1.165) is 11.1 Å². The lowest BCUT2D eigenvalue weighted by Crippen LogP contribution is -2.22. The van der Waals surface area contributed by atoms with Gasteiger partial charge in [-0.3, -0.25) is 0 Å².